The Balaban J connectivity index is 1.69. The molecule has 0 saturated carbocycles. The lowest BCUT2D eigenvalue weighted by molar-refractivity contribution is -0.136. The molecule has 1 fully saturated rings. The highest BCUT2D eigenvalue weighted by Crippen LogP contribution is 2.33. The molecule has 1 aliphatic heterocycles. The molecule has 2 aromatic rings. The van der Waals surface area contributed by atoms with Gasteiger partial charge >= 0.3 is 11.8 Å². The molecule has 2 N–H and O–H groups in total. The average molecular weight is 446 g/mol. The number of aryl methyl sites for hydroxylation is 1. The quantitative estimate of drug-likeness (QED) is 0.637. The summed E-state index contributed by atoms with van der Waals surface area (Å²) in [5.41, 5.74) is 2.34. The molecular formula is C23H28ClN3O4. The first-order valence-corrected chi connectivity index (χ1v) is 10.6. The lowest BCUT2D eigenvalue weighted by atomic mass is 10.0. The van der Waals surface area contributed by atoms with Gasteiger partial charge < -0.3 is 20.1 Å². The fourth-order valence-corrected chi connectivity index (χ4v) is 3.87. The molecule has 2 amide bonds. The summed E-state index contributed by atoms with van der Waals surface area (Å²) in [7, 11) is 3.19. The van der Waals surface area contributed by atoms with Gasteiger partial charge in [0.1, 0.15) is 0 Å². The average Bonchev–Trinajstić information content (AvgIpc) is 3.30. The topological polar surface area (TPSA) is 79.9 Å². The Kier molecular flexibility index (Phi) is 7.76. The summed E-state index contributed by atoms with van der Waals surface area (Å²) in [4.78, 5) is 27.1. The number of halogens is 1. The number of benzene rings is 2. The van der Waals surface area contributed by atoms with Crippen LogP contribution in [0, 0.1) is 6.92 Å². The van der Waals surface area contributed by atoms with Gasteiger partial charge in [0.15, 0.2) is 11.5 Å². The maximum absolute atomic E-state index is 12.5. The molecule has 0 aliphatic carbocycles. The number of carbonyl (C=O) groups excluding carboxylic acids is 2. The molecule has 31 heavy (non-hydrogen) atoms. The van der Waals surface area contributed by atoms with Crippen LogP contribution in [0.3, 0.4) is 0 Å². The Morgan fingerprint density at radius 3 is 2.39 bits per heavy atom. The molecule has 7 nitrogen and oxygen atoms in total. The summed E-state index contributed by atoms with van der Waals surface area (Å²) >= 11 is 6.01. The van der Waals surface area contributed by atoms with Gasteiger partial charge in [-0.3, -0.25) is 14.5 Å². The minimum atomic E-state index is -0.714. The highest BCUT2D eigenvalue weighted by atomic mass is 35.5. The van der Waals surface area contributed by atoms with E-state index < -0.39 is 11.8 Å². The van der Waals surface area contributed by atoms with E-state index in [4.69, 9.17) is 21.1 Å². The van der Waals surface area contributed by atoms with Crippen LogP contribution in [0.4, 0.5) is 5.69 Å². The van der Waals surface area contributed by atoms with Gasteiger partial charge in [-0.15, -0.1) is 0 Å². The van der Waals surface area contributed by atoms with Crippen LogP contribution in [-0.4, -0.2) is 50.6 Å². The predicted molar refractivity (Wildman–Crippen MR) is 121 cm³/mol. The largest absolute Gasteiger partial charge is 0.493 e. The third-order valence-electron chi connectivity index (χ3n) is 5.45. The summed E-state index contributed by atoms with van der Waals surface area (Å²) < 4.78 is 10.8. The van der Waals surface area contributed by atoms with E-state index in [1.54, 1.807) is 32.4 Å². The molecule has 1 atom stereocenters. The normalized spacial score (nSPS) is 14.7. The molecular weight excluding hydrogens is 418 g/mol. The number of methoxy groups -OCH3 is 2. The zero-order valence-corrected chi connectivity index (χ0v) is 18.8. The number of nitrogens with one attached hydrogen (secondary N) is 2. The number of nitrogens with zero attached hydrogens (tertiary/aromatic N) is 1. The maximum Gasteiger partial charge on any atom is 0.313 e. The molecule has 0 spiro atoms. The smallest absolute Gasteiger partial charge is 0.313 e. The molecule has 0 bridgehead atoms. The molecule has 1 saturated heterocycles. The molecule has 2 aromatic carbocycles. The van der Waals surface area contributed by atoms with E-state index in [-0.39, 0.29) is 6.04 Å². The summed E-state index contributed by atoms with van der Waals surface area (Å²) in [6.07, 6.45) is 2.21. The van der Waals surface area contributed by atoms with Crippen molar-refractivity contribution >= 4 is 29.1 Å². The van der Waals surface area contributed by atoms with Crippen molar-refractivity contribution in [1.82, 2.24) is 10.2 Å². The highest BCUT2D eigenvalue weighted by Gasteiger charge is 2.26. The monoisotopic (exact) mass is 445 g/mol. The fraction of sp³-hybridized carbons (Fsp3) is 0.391. The van der Waals surface area contributed by atoms with Gasteiger partial charge in [0, 0.05) is 17.3 Å². The lowest BCUT2D eigenvalue weighted by Gasteiger charge is -2.28. The molecule has 1 unspecified atom stereocenters. The van der Waals surface area contributed by atoms with Crippen LogP contribution in [0.2, 0.25) is 5.02 Å². The Bertz CT molecular complexity index is 944. The number of rotatable bonds is 7. The van der Waals surface area contributed by atoms with Gasteiger partial charge in [0.2, 0.25) is 0 Å². The Labute approximate surface area is 187 Å². The van der Waals surface area contributed by atoms with Gasteiger partial charge in [0.25, 0.3) is 0 Å². The summed E-state index contributed by atoms with van der Waals surface area (Å²) in [5, 5.41) is 6.00. The van der Waals surface area contributed by atoms with Crippen molar-refractivity contribution < 1.29 is 19.1 Å². The molecule has 3 rings (SSSR count). The van der Waals surface area contributed by atoms with Crippen molar-refractivity contribution in [2.24, 2.45) is 0 Å². The third-order valence-corrected chi connectivity index (χ3v) is 5.88. The zero-order chi connectivity index (χ0) is 22.4. The maximum atomic E-state index is 12.5. The van der Waals surface area contributed by atoms with Gasteiger partial charge in [-0.25, -0.2) is 0 Å². The van der Waals surface area contributed by atoms with E-state index in [1.165, 1.54) is 0 Å². The molecule has 0 aromatic heterocycles. The minimum absolute atomic E-state index is 0.0724. The van der Waals surface area contributed by atoms with Crippen LogP contribution in [-0.2, 0) is 9.59 Å². The van der Waals surface area contributed by atoms with E-state index in [9.17, 15) is 9.59 Å². The minimum Gasteiger partial charge on any atom is -0.493 e. The Hall–Kier alpha value is -2.77. The van der Waals surface area contributed by atoms with Crippen LogP contribution < -0.4 is 20.1 Å². The van der Waals surface area contributed by atoms with Gasteiger partial charge in [-0.1, -0.05) is 17.7 Å². The van der Waals surface area contributed by atoms with Gasteiger partial charge in [-0.2, -0.15) is 0 Å². The Morgan fingerprint density at radius 1 is 1.03 bits per heavy atom. The summed E-state index contributed by atoms with van der Waals surface area (Å²) in [5.74, 6) is -0.119. The number of anilines is 1. The predicted octanol–water partition coefficient (Wildman–Crippen LogP) is 3.56. The highest BCUT2D eigenvalue weighted by molar-refractivity contribution is 6.39. The first-order valence-electron chi connectivity index (χ1n) is 10.2. The van der Waals surface area contributed by atoms with E-state index in [1.807, 2.05) is 25.1 Å². The Morgan fingerprint density at radius 2 is 1.74 bits per heavy atom. The fourth-order valence-electron chi connectivity index (χ4n) is 3.75. The molecule has 8 heteroatoms. The number of hydrogen-bond donors (Lipinski definition) is 2. The van der Waals surface area contributed by atoms with Gasteiger partial charge in [-0.05, 0) is 74.3 Å². The standard InChI is InChI=1S/C23H28ClN3O4/c1-15-12-17(7-8-18(15)24)26-23(29)22(28)25-14-19(27-10-4-5-11-27)16-6-9-20(30-2)21(13-16)31-3/h6-9,12-13,19H,4-5,10-11,14H2,1-3H3,(H,25,28)(H,26,29). The van der Waals surface area contributed by atoms with Crippen LogP contribution in [0.5, 0.6) is 11.5 Å². The number of amides is 2. The molecule has 1 heterocycles. The molecule has 1 aliphatic rings. The second-order valence-corrected chi connectivity index (χ2v) is 7.91. The lowest BCUT2D eigenvalue weighted by Crippen LogP contribution is -2.41. The van der Waals surface area contributed by atoms with E-state index >= 15 is 0 Å². The first kappa shape index (κ1) is 22.9. The van der Waals surface area contributed by atoms with Crippen molar-refractivity contribution in [2.75, 3.05) is 39.2 Å². The van der Waals surface area contributed by atoms with Crippen LogP contribution >= 0.6 is 11.6 Å². The number of carbonyl (C=O) groups is 2. The van der Waals surface area contributed by atoms with Crippen LogP contribution in [0.25, 0.3) is 0 Å². The molecule has 166 valence electrons. The second kappa shape index (κ2) is 10.5. The van der Waals surface area contributed by atoms with Crippen molar-refractivity contribution in [3.63, 3.8) is 0 Å². The van der Waals surface area contributed by atoms with Crippen molar-refractivity contribution in [3.05, 3.63) is 52.5 Å². The van der Waals surface area contributed by atoms with Crippen molar-refractivity contribution in [2.45, 2.75) is 25.8 Å². The first-order chi connectivity index (χ1) is 14.9. The molecule has 0 radical (unpaired) electrons. The SMILES string of the molecule is COc1ccc(C(CNC(=O)C(=O)Nc2ccc(Cl)c(C)c2)N2CCCC2)cc1OC. The van der Waals surface area contributed by atoms with Crippen molar-refractivity contribution in [1.29, 1.82) is 0 Å². The summed E-state index contributed by atoms with van der Waals surface area (Å²) in [6, 6.07) is 10.7. The van der Waals surface area contributed by atoms with E-state index in [2.05, 4.69) is 15.5 Å². The summed E-state index contributed by atoms with van der Waals surface area (Å²) in [6.45, 7) is 4.01. The van der Waals surface area contributed by atoms with Crippen LogP contribution in [0.1, 0.15) is 30.0 Å². The van der Waals surface area contributed by atoms with E-state index in [0.717, 1.165) is 37.1 Å². The number of likely N-dealkylation sites (tertiary alicyclic amines) is 1. The second-order valence-electron chi connectivity index (χ2n) is 7.50. The number of hydrogen-bond acceptors (Lipinski definition) is 5. The van der Waals surface area contributed by atoms with Crippen molar-refractivity contribution in [3.8, 4) is 11.5 Å². The zero-order valence-electron chi connectivity index (χ0n) is 18.0. The van der Waals surface area contributed by atoms with E-state index in [0.29, 0.717) is 28.8 Å². The third kappa shape index (κ3) is 5.68. The number of ether oxygens (including phenoxy) is 2. The van der Waals surface area contributed by atoms with Gasteiger partial charge in [0.05, 0.1) is 20.3 Å². The van der Waals surface area contributed by atoms with Crippen LogP contribution in [0.15, 0.2) is 36.4 Å².